The predicted octanol–water partition coefficient (Wildman–Crippen LogP) is 11.4. The highest BCUT2D eigenvalue weighted by Gasteiger charge is 2.46. The molecule has 1 aliphatic rings. The lowest BCUT2D eigenvalue weighted by molar-refractivity contribution is -0.297. The number of aliphatic hydroxyl groups excluding tert-OH is 3. The van der Waals surface area contributed by atoms with Gasteiger partial charge in [-0.3, -0.25) is 14.1 Å². The zero-order valence-electron chi connectivity index (χ0n) is 40.0. The van der Waals surface area contributed by atoms with Crippen LogP contribution in [0.3, 0.4) is 0 Å². The molecule has 0 aliphatic carbocycles. The molecule has 1 heterocycles. The van der Waals surface area contributed by atoms with E-state index in [1.165, 1.54) is 154 Å². The number of esters is 2. The van der Waals surface area contributed by atoms with Gasteiger partial charge in [0, 0.05) is 12.8 Å². The lowest BCUT2D eigenvalue weighted by atomic mass is 10.00. The van der Waals surface area contributed by atoms with E-state index in [0.717, 1.165) is 44.9 Å². The Morgan fingerprint density at radius 2 is 0.905 bits per heavy atom. The Labute approximate surface area is 384 Å². The Balaban J connectivity index is 2.36. The Kier molecular flexibility index (Phi) is 38.3. The van der Waals surface area contributed by atoms with Crippen molar-refractivity contribution in [2.75, 3.05) is 19.0 Å². The van der Waals surface area contributed by atoms with Crippen molar-refractivity contribution in [3.05, 3.63) is 12.2 Å². The first-order valence-electron chi connectivity index (χ1n) is 25.7. The van der Waals surface area contributed by atoms with E-state index in [2.05, 4.69) is 26.0 Å². The summed E-state index contributed by atoms with van der Waals surface area (Å²) < 4.78 is 54.2. The van der Waals surface area contributed by atoms with Crippen molar-refractivity contribution in [2.24, 2.45) is 0 Å². The van der Waals surface area contributed by atoms with Gasteiger partial charge >= 0.3 is 11.9 Å². The monoisotopic (exact) mass is 919 g/mol. The summed E-state index contributed by atoms with van der Waals surface area (Å²) in [5.41, 5.74) is 0. The zero-order chi connectivity index (χ0) is 46.2. The van der Waals surface area contributed by atoms with Crippen LogP contribution in [-0.4, -0.2) is 96.0 Å². The van der Waals surface area contributed by atoms with Crippen molar-refractivity contribution in [3.8, 4) is 0 Å². The molecule has 0 aromatic rings. The number of rotatable bonds is 44. The van der Waals surface area contributed by atoms with Crippen LogP contribution in [0, 0.1) is 0 Å². The molecule has 0 aromatic heterocycles. The highest BCUT2D eigenvalue weighted by Crippen LogP contribution is 2.24. The summed E-state index contributed by atoms with van der Waals surface area (Å²) in [5.74, 6) is -1.97. The van der Waals surface area contributed by atoms with Crippen LogP contribution < -0.4 is 0 Å². The van der Waals surface area contributed by atoms with E-state index in [0.29, 0.717) is 12.8 Å². The maximum Gasteiger partial charge on any atom is 0.306 e. The second kappa shape index (κ2) is 40.6. The average Bonchev–Trinajstić information content (AvgIpc) is 3.25. The van der Waals surface area contributed by atoms with Crippen molar-refractivity contribution in [3.63, 3.8) is 0 Å². The van der Waals surface area contributed by atoms with Gasteiger partial charge in [-0.15, -0.1) is 0 Å². The van der Waals surface area contributed by atoms with E-state index < -0.39 is 71.2 Å². The molecule has 4 N–H and O–H groups in total. The largest absolute Gasteiger partial charge is 0.462 e. The molecule has 63 heavy (non-hydrogen) atoms. The van der Waals surface area contributed by atoms with Gasteiger partial charge in [-0.05, 0) is 38.5 Å². The van der Waals surface area contributed by atoms with E-state index >= 15 is 0 Å². The Morgan fingerprint density at radius 1 is 0.524 bits per heavy atom. The van der Waals surface area contributed by atoms with Crippen LogP contribution in [0.25, 0.3) is 0 Å². The van der Waals surface area contributed by atoms with Gasteiger partial charge in [-0.25, -0.2) is 0 Å². The number of hydrogen-bond donors (Lipinski definition) is 4. The van der Waals surface area contributed by atoms with Gasteiger partial charge in [-0.2, -0.15) is 8.42 Å². The molecule has 0 spiro atoms. The number of unbranched alkanes of at least 4 members (excludes halogenated alkanes) is 30. The lowest BCUT2D eigenvalue weighted by Crippen LogP contribution is -2.60. The summed E-state index contributed by atoms with van der Waals surface area (Å²) in [7, 11) is -4.60. The minimum Gasteiger partial charge on any atom is -0.462 e. The van der Waals surface area contributed by atoms with Gasteiger partial charge in [-0.1, -0.05) is 199 Å². The number of aliphatic hydroxyl groups is 3. The molecule has 2 unspecified atom stereocenters. The maximum atomic E-state index is 12.9. The topological polar surface area (TPSA) is 186 Å². The molecule has 0 aromatic carbocycles. The molecule has 13 heteroatoms. The molecule has 1 saturated heterocycles. The first kappa shape index (κ1) is 59.4. The summed E-state index contributed by atoms with van der Waals surface area (Å²) in [6.07, 6.45) is 35.4. The fourth-order valence-electron chi connectivity index (χ4n) is 8.09. The molecule has 0 amide bonds. The standard InChI is InChI=1S/C50H94O12S/c1-3-5-7-9-11-13-15-17-19-20-21-22-23-25-27-29-31-33-35-37-39-46(52)61-43(41-60-50-49(55)48(54)47(53)44(62-50)42-63(56,57)58)40-59-45(51)38-36-34-32-30-28-26-24-18-16-14-12-10-8-6-4-2/h14,16,43-44,47-50,53-55H,3-13,15,17-42H2,1-2H3,(H,56,57,58)/b16-14+/t43-,44-,47-,48?,49?,50+/m1/s1. The van der Waals surface area contributed by atoms with Crippen molar-refractivity contribution >= 4 is 22.1 Å². The third-order valence-electron chi connectivity index (χ3n) is 12.1. The minimum absolute atomic E-state index is 0.170. The first-order chi connectivity index (χ1) is 30.5. The molecule has 0 radical (unpaired) electrons. The third-order valence-corrected chi connectivity index (χ3v) is 12.8. The van der Waals surface area contributed by atoms with Gasteiger partial charge < -0.3 is 34.3 Å². The highest BCUT2D eigenvalue weighted by molar-refractivity contribution is 7.85. The van der Waals surface area contributed by atoms with Gasteiger partial charge in [0.05, 0.1) is 6.61 Å². The predicted molar refractivity (Wildman–Crippen MR) is 252 cm³/mol. The highest BCUT2D eigenvalue weighted by atomic mass is 32.2. The maximum absolute atomic E-state index is 12.9. The first-order valence-corrected chi connectivity index (χ1v) is 27.4. The van der Waals surface area contributed by atoms with Crippen LogP contribution in [0.5, 0.6) is 0 Å². The molecule has 0 saturated carbocycles. The smallest absolute Gasteiger partial charge is 0.306 e. The van der Waals surface area contributed by atoms with Gasteiger partial charge in [0.2, 0.25) is 0 Å². The average molecular weight is 919 g/mol. The van der Waals surface area contributed by atoms with E-state index in [9.17, 15) is 37.9 Å². The van der Waals surface area contributed by atoms with Crippen LogP contribution in [0.15, 0.2) is 12.2 Å². The van der Waals surface area contributed by atoms with Crippen LogP contribution in [0.2, 0.25) is 0 Å². The van der Waals surface area contributed by atoms with E-state index in [1.54, 1.807) is 0 Å². The van der Waals surface area contributed by atoms with Crippen LogP contribution in [-0.2, 0) is 38.7 Å². The fourth-order valence-corrected chi connectivity index (χ4v) is 8.78. The number of hydrogen-bond acceptors (Lipinski definition) is 11. The molecule has 0 bridgehead atoms. The van der Waals surface area contributed by atoms with Crippen LogP contribution >= 0.6 is 0 Å². The fraction of sp³-hybridized carbons (Fsp3) is 0.920. The number of allylic oxidation sites excluding steroid dienone is 2. The summed E-state index contributed by atoms with van der Waals surface area (Å²) in [4.78, 5) is 25.5. The molecule has 1 rings (SSSR count). The Bertz CT molecular complexity index is 1210. The van der Waals surface area contributed by atoms with Gasteiger partial charge in [0.15, 0.2) is 12.4 Å². The third kappa shape index (κ3) is 35.3. The SMILES string of the molecule is CCCCCC/C=C/CCCCCCCCCC(=O)OC[C@H](CO[C@H]1O[C@H](CS(=O)(=O)O)[C@@H](O)C(O)C1O)OC(=O)CCCCCCCCCCCCCCCCCCCCCC. The second-order valence-electron chi connectivity index (χ2n) is 18.2. The van der Waals surface area contributed by atoms with Crippen molar-refractivity contribution in [1.82, 2.24) is 0 Å². The Morgan fingerprint density at radius 3 is 1.33 bits per heavy atom. The van der Waals surface area contributed by atoms with Crippen LogP contribution in [0.1, 0.15) is 239 Å². The summed E-state index contributed by atoms with van der Waals surface area (Å²) in [6.45, 7) is 3.78. The number of ether oxygens (including phenoxy) is 4. The second-order valence-corrected chi connectivity index (χ2v) is 19.7. The summed E-state index contributed by atoms with van der Waals surface area (Å²) >= 11 is 0. The molecular weight excluding hydrogens is 825 g/mol. The molecule has 1 aliphatic heterocycles. The van der Waals surface area contributed by atoms with E-state index in [1.807, 2.05) is 0 Å². The zero-order valence-corrected chi connectivity index (χ0v) is 40.8. The van der Waals surface area contributed by atoms with Crippen LogP contribution in [0.4, 0.5) is 0 Å². The normalized spacial score (nSPS) is 19.7. The van der Waals surface area contributed by atoms with Crippen molar-refractivity contribution in [1.29, 1.82) is 0 Å². The quantitative estimate of drug-likeness (QED) is 0.0196. The molecule has 1 fully saturated rings. The van der Waals surface area contributed by atoms with Gasteiger partial charge in [0.1, 0.15) is 36.8 Å². The molecular formula is C50H94O12S. The summed E-state index contributed by atoms with van der Waals surface area (Å²) in [6, 6.07) is 0. The summed E-state index contributed by atoms with van der Waals surface area (Å²) in [5, 5.41) is 31.0. The molecule has 6 atom stereocenters. The van der Waals surface area contributed by atoms with Crippen molar-refractivity contribution < 1.29 is 56.8 Å². The van der Waals surface area contributed by atoms with E-state index in [4.69, 9.17) is 18.9 Å². The lowest BCUT2D eigenvalue weighted by Gasteiger charge is -2.40. The van der Waals surface area contributed by atoms with E-state index in [-0.39, 0.29) is 19.4 Å². The van der Waals surface area contributed by atoms with Gasteiger partial charge in [0.25, 0.3) is 10.1 Å². The molecule has 12 nitrogen and oxygen atoms in total. The minimum atomic E-state index is -4.60. The number of carbonyl (C=O) groups is 2. The van der Waals surface area contributed by atoms with Crippen molar-refractivity contribution in [2.45, 2.75) is 275 Å². The molecule has 372 valence electrons. The Hall–Kier alpha value is -1.61. The number of carbonyl (C=O) groups excluding carboxylic acids is 2.